The van der Waals surface area contributed by atoms with Crippen LogP contribution in [0.3, 0.4) is 0 Å². The minimum atomic E-state index is 0. The Morgan fingerprint density at radius 3 is 2.06 bits per heavy atom. The Hall–Kier alpha value is -1.62. The summed E-state index contributed by atoms with van der Waals surface area (Å²) in [6, 6.07) is 14.3. The third-order valence-electron chi connectivity index (χ3n) is 4.40. The largest absolute Gasteiger partial charge is 3.00 e. The predicted molar refractivity (Wildman–Crippen MR) is 129 cm³/mol. The molecule has 0 aliphatic rings. The first-order chi connectivity index (χ1) is 13.8. The molecule has 32 heavy (non-hydrogen) atoms. The molecule has 0 fully saturated rings. The van der Waals surface area contributed by atoms with Crippen LogP contribution in [0.5, 0.6) is 0 Å². The third kappa shape index (κ3) is 9.48. The quantitative estimate of drug-likeness (QED) is 0.265. The topological polar surface area (TPSA) is 37.6 Å². The summed E-state index contributed by atoms with van der Waals surface area (Å²) in [5.74, 6) is 0. The summed E-state index contributed by atoms with van der Waals surface area (Å²) in [6.45, 7) is 13.9. The van der Waals surface area contributed by atoms with Crippen LogP contribution in [0.2, 0.25) is 0 Å². The average molecular weight is 576 g/mol. The summed E-state index contributed by atoms with van der Waals surface area (Å²) < 4.78 is 1.01. The molecule has 0 aliphatic carbocycles. The summed E-state index contributed by atoms with van der Waals surface area (Å²) in [5, 5.41) is 0. The molecule has 0 spiro atoms. The number of halogens is 3. The van der Waals surface area contributed by atoms with E-state index in [0.717, 1.165) is 32.7 Å². The van der Waals surface area contributed by atoms with E-state index in [1.807, 2.05) is 37.4 Å². The van der Waals surface area contributed by atoms with Gasteiger partial charge in [0.05, 0.1) is 11.4 Å². The van der Waals surface area contributed by atoms with Gasteiger partial charge in [-0.15, -0.1) is 6.21 Å². The summed E-state index contributed by atoms with van der Waals surface area (Å²) in [6.07, 6.45) is 5.18. The minimum absolute atomic E-state index is 0. The maximum atomic E-state index is 4.66. The van der Waals surface area contributed by atoms with Crippen molar-refractivity contribution in [3.8, 4) is 0 Å². The first-order valence-electron chi connectivity index (χ1n) is 9.44. The van der Waals surface area contributed by atoms with E-state index in [9.17, 15) is 0 Å². The van der Waals surface area contributed by atoms with Crippen LogP contribution in [0.4, 0.5) is 11.4 Å². The van der Waals surface area contributed by atoms with Crippen molar-refractivity contribution >= 4 is 39.2 Å². The number of rotatable bonds is 3. The zero-order valence-electron chi connectivity index (χ0n) is 18.8. The van der Waals surface area contributed by atoms with Gasteiger partial charge in [0.15, 0.2) is 0 Å². The van der Waals surface area contributed by atoms with Gasteiger partial charge in [-0.3, -0.25) is 15.0 Å². The molecule has 0 amide bonds. The fourth-order valence-electron chi connectivity index (χ4n) is 3.04. The SMILES string of the molecule is CC(=Nc1c(C)cccc1Br)c1cccnc1.[CH2-]C=Nc1c(C)cc(C)cc1C.[Cl-].[Cl-].[Fe+3]. The van der Waals surface area contributed by atoms with Crippen molar-refractivity contribution in [2.45, 2.75) is 34.6 Å². The van der Waals surface area contributed by atoms with Crippen molar-refractivity contribution in [1.82, 2.24) is 4.98 Å². The van der Waals surface area contributed by atoms with Gasteiger partial charge in [0.2, 0.25) is 0 Å². The summed E-state index contributed by atoms with van der Waals surface area (Å²) in [4.78, 5) is 13.0. The molecule has 1 heterocycles. The molecule has 0 unspecified atom stereocenters. The number of pyridine rings is 1. The van der Waals surface area contributed by atoms with Gasteiger partial charge in [-0.1, -0.05) is 35.9 Å². The molecule has 7 heteroatoms. The Bertz CT molecular complexity index is 995. The summed E-state index contributed by atoms with van der Waals surface area (Å²) >= 11 is 3.53. The molecule has 0 atom stereocenters. The van der Waals surface area contributed by atoms with Gasteiger partial charge >= 0.3 is 17.1 Å². The second kappa shape index (κ2) is 16.1. The normalized spacial score (nSPS) is 10.2. The Kier molecular flexibility index (Phi) is 16.3. The van der Waals surface area contributed by atoms with Crippen LogP contribution in [-0.2, 0) is 17.1 Å². The number of hydrogen-bond donors (Lipinski definition) is 0. The monoisotopic (exact) mass is 574 g/mol. The number of nitrogens with zero attached hydrogens (tertiary/aromatic N) is 3. The van der Waals surface area contributed by atoms with Crippen molar-refractivity contribution in [3.63, 3.8) is 0 Å². The molecule has 0 N–H and O–H groups in total. The first-order valence-corrected chi connectivity index (χ1v) is 10.2. The molecule has 1 aromatic heterocycles. The fourth-order valence-corrected chi connectivity index (χ4v) is 3.60. The van der Waals surface area contributed by atoms with E-state index < -0.39 is 0 Å². The molecule has 3 aromatic rings. The zero-order valence-corrected chi connectivity index (χ0v) is 23.0. The van der Waals surface area contributed by atoms with Gasteiger partial charge in [-0.25, -0.2) is 0 Å². The third-order valence-corrected chi connectivity index (χ3v) is 5.04. The number of benzene rings is 2. The number of para-hydroxylation sites is 1. The van der Waals surface area contributed by atoms with Gasteiger partial charge in [0.1, 0.15) is 0 Å². The Balaban J connectivity index is 0. The van der Waals surface area contributed by atoms with E-state index in [4.69, 9.17) is 0 Å². The van der Waals surface area contributed by atoms with Gasteiger partial charge in [0.25, 0.3) is 0 Å². The molecular formula is C25H27BrCl2FeN3. The van der Waals surface area contributed by atoms with Crippen LogP contribution in [-0.4, -0.2) is 16.9 Å². The molecule has 3 nitrogen and oxygen atoms in total. The van der Waals surface area contributed by atoms with Crippen LogP contribution in [0.25, 0.3) is 0 Å². The standard InChI is InChI=1S/C14H13BrN2.C11H14N.2ClH.Fe/c1-10-5-3-7-13(15)14(10)17-11(2)12-6-4-8-16-9-12;1-5-12-11-9(3)6-8(2)7-10(11)4;;;/h3-9H,1-2H3;5-7H,1H2,2-4H3;2*1H;/q;-1;;;+3/p-2. The molecule has 0 bridgehead atoms. The van der Waals surface area contributed by atoms with Crippen molar-refractivity contribution < 1.29 is 41.9 Å². The van der Waals surface area contributed by atoms with Crippen molar-refractivity contribution in [1.29, 1.82) is 0 Å². The van der Waals surface area contributed by atoms with E-state index in [-0.39, 0.29) is 41.9 Å². The molecule has 0 saturated carbocycles. The zero-order chi connectivity index (χ0) is 21.4. The Morgan fingerprint density at radius 2 is 1.56 bits per heavy atom. The van der Waals surface area contributed by atoms with Crippen LogP contribution in [0.1, 0.15) is 34.7 Å². The maximum Gasteiger partial charge on any atom is 3.00 e. The second-order valence-electron chi connectivity index (χ2n) is 6.90. The average Bonchev–Trinajstić information content (AvgIpc) is 2.69. The van der Waals surface area contributed by atoms with E-state index in [1.165, 1.54) is 16.7 Å². The van der Waals surface area contributed by atoms with E-state index >= 15 is 0 Å². The van der Waals surface area contributed by atoms with Crippen LogP contribution < -0.4 is 24.8 Å². The van der Waals surface area contributed by atoms with Crippen molar-refractivity contribution in [2.24, 2.45) is 9.98 Å². The summed E-state index contributed by atoms with van der Waals surface area (Å²) in [5.41, 5.74) is 8.91. The maximum absolute atomic E-state index is 4.66. The molecule has 0 saturated heterocycles. The van der Waals surface area contributed by atoms with Crippen molar-refractivity contribution in [2.75, 3.05) is 0 Å². The van der Waals surface area contributed by atoms with Crippen LogP contribution >= 0.6 is 15.9 Å². The van der Waals surface area contributed by atoms with E-state index in [0.29, 0.717) is 0 Å². The van der Waals surface area contributed by atoms with Gasteiger partial charge < -0.3 is 31.7 Å². The molecule has 1 radical (unpaired) electrons. The van der Waals surface area contributed by atoms with Gasteiger partial charge in [0, 0.05) is 28.1 Å². The minimum Gasteiger partial charge on any atom is -1.00 e. The number of aromatic nitrogens is 1. The number of hydrogen-bond acceptors (Lipinski definition) is 3. The van der Waals surface area contributed by atoms with E-state index in [2.05, 4.69) is 83.7 Å². The molecular weight excluding hydrogens is 549 g/mol. The Morgan fingerprint density at radius 1 is 0.938 bits per heavy atom. The molecule has 3 rings (SSSR count). The molecule has 2 aromatic carbocycles. The van der Waals surface area contributed by atoms with Crippen molar-refractivity contribution in [3.05, 3.63) is 94.1 Å². The predicted octanol–water partition coefficient (Wildman–Crippen LogP) is 1.45. The summed E-state index contributed by atoms with van der Waals surface area (Å²) in [7, 11) is 0. The Labute approximate surface area is 223 Å². The smallest absolute Gasteiger partial charge is 1.00 e. The number of aliphatic imine (C=N–C) groups is 2. The van der Waals surface area contributed by atoms with E-state index in [1.54, 1.807) is 12.4 Å². The number of aryl methyl sites for hydroxylation is 4. The second-order valence-corrected chi connectivity index (χ2v) is 7.76. The first kappa shape index (κ1) is 32.6. The van der Waals surface area contributed by atoms with Crippen LogP contribution in [0, 0.1) is 34.6 Å². The van der Waals surface area contributed by atoms with Gasteiger partial charge in [-0.2, -0.15) is 0 Å². The fraction of sp³-hybridized carbons (Fsp3) is 0.200. The molecule has 0 aliphatic heterocycles. The molecule has 171 valence electrons. The van der Waals surface area contributed by atoms with Crippen LogP contribution in [0.15, 0.2) is 69.3 Å². The van der Waals surface area contributed by atoms with Gasteiger partial charge in [-0.05, 0) is 79.4 Å².